The highest BCUT2D eigenvalue weighted by Gasteiger charge is 2.04. The minimum absolute atomic E-state index is 0.126. The Balaban J connectivity index is 2.37. The second-order valence-electron chi connectivity index (χ2n) is 3.52. The van der Waals surface area contributed by atoms with Crippen LogP contribution in [0.5, 0.6) is 5.75 Å². The Morgan fingerprint density at radius 2 is 2.00 bits per heavy atom. The molecule has 0 aliphatic rings. The number of benzene rings is 1. The summed E-state index contributed by atoms with van der Waals surface area (Å²) >= 11 is 0. The molecule has 0 bridgehead atoms. The summed E-state index contributed by atoms with van der Waals surface area (Å²) in [5.74, 6) is 0.195. The van der Waals surface area contributed by atoms with Gasteiger partial charge in [-0.25, -0.2) is 0 Å². The highest BCUT2D eigenvalue weighted by molar-refractivity contribution is 5.36. The van der Waals surface area contributed by atoms with Gasteiger partial charge in [-0.1, -0.05) is 0 Å². The number of hydrogen-bond acceptors (Lipinski definition) is 3. The first-order valence-corrected chi connectivity index (χ1v) is 5.00. The quantitative estimate of drug-likeness (QED) is 0.697. The topological polar surface area (TPSA) is 84.0 Å². The molecule has 5 nitrogen and oxygen atoms in total. The molecule has 0 amide bonds. The van der Waals surface area contributed by atoms with Gasteiger partial charge in [0.15, 0.2) is 0 Å². The van der Waals surface area contributed by atoms with E-state index in [1.807, 2.05) is 0 Å². The maximum Gasteiger partial charge on any atom is 0.267 e. The number of phenolic OH excluding ortho intramolecular Hbond substituents is 1. The molecule has 0 aliphatic carbocycles. The smallest absolute Gasteiger partial charge is 0.267 e. The molecule has 2 aromatic rings. The van der Waals surface area contributed by atoms with Crippen molar-refractivity contribution in [2.24, 2.45) is 5.73 Å². The number of hydrogen-bond donors (Lipinski definition) is 3. The van der Waals surface area contributed by atoms with Gasteiger partial charge in [0.25, 0.3) is 5.56 Å². The third-order valence-corrected chi connectivity index (χ3v) is 2.34. The zero-order chi connectivity index (χ0) is 11.5. The van der Waals surface area contributed by atoms with Crippen LogP contribution in [0.2, 0.25) is 0 Å². The summed E-state index contributed by atoms with van der Waals surface area (Å²) in [6.07, 6.45) is 2.28. The lowest BCUT2D eigenvalue weighted by molar-refractivity contribution is 0.475. The average molecular weight is 219 g/mol. The SMILES string of the molecule is NCCc1cn(-c2ccc(O)cc2)[nH]c1=O. The molecule has 0 radical (unpaired) electrons. The molecule has 1 aromatic heterocycles. The lowest BCUT2D eigenvalue weighted by Gasteiger charge is -2.01. The molecule has 0 atom stereocenters. The van der Waals surface area contributed by atoms with Gasteiger partial charge in [-0.05, 0) is 37.2 Å². The normalized spacial score (nSPS) is 10.6. The minimum Gasteiger partial charge on any atom is -0.508 e. The van der Waals surface area contributed by atoms with Gasteiger partial charge < -0.3 is 10.8 Å². The van der Waals surface area contributed by atoms with Crippen LogP contribution in [-0.2, 0) is 6.42 Å². The summed E-state index contributed by atoms with van der Waals surface area (Å²) < 4.78 is 1.62. The summed E-state index contributed by atoms with van der Waals surface area (Å²) in [7, 11) is 0. The van der Waals surface area contributed by atoms with E-state index in [9.17, 15) is 4.79 Å². The molecule has 2 rings (SSSR count). The maximum atomic E-state index is 11.5. The zero-order valence-corrected chi connectivity index (χ0v) is 8.68. The Bertz CT molecular complexity index is 525. The molecular formula is C11H13N3O2. The van der Waals surface area contributed by atoms with Crippen molar-refractivity contribution in [3.05, 3.63) is 46.4 Å². The Morgan fingerprint density at radius 3 is 2.62 bits per heavy atom. The molecule has 0 saturated carbocycles. The van der Waals surface area contributed by atoms with Gasteiger partial charge in [-0.3, -0.25) is 14.6 Å². The Morgan fingerprint density at radius 1 is 1.31 bits per heavy atom. The fourth-order valence-electron chi connectivity index (χ4n) is 1.51. The van der Waals surface area contributed by atoms with Crippen molar-refractivity contribution in [3.63, 3.8) is 0 Å². The lowest BCUT2D eigenvalue weighted by Crippen LogP contribution is -2.11. The number of nitrogens with zero attached hydrogens (tertiary/aromatic N) is 1. The number of H-pyrrole nitrogens is 1. The number of nitrogens with two attached hydrogens (primary N) is 1. The first-order chi connectivity index (χ1) is 7.70. The lowest BCUT2D eigenvalue weighted by atomic mass is 10.2. The molecule has 0 aliphatic heterocycles. The summed E-state index contributed by atoms with van der Waals surface area (Å²) in [5, 5.41) is 11.8. The van der Waals surface area contributed by atoms with E-state index in [0.29, 0.717) is 18.5 Å². The predicted octanol–water partition coefficient (Wildman–Crippen LogP) is 0.372. The van der Waals surface area contributed by atoms with Crippen molar-refractivity contribution in [1.29, 1.82) is 0 Å². The summed E-state index contributed by atoms with van der Waals surface area (Å²) in [6.45, 7) is 0.447. The van der Waals surface area contributed by atoms with Crippen molar-refractivity contribution in [2.75, 3.05) is 6.54 Å². The molecule has 1 aromatic carbocycles. The molecule has 84 valence electrons. The van der Waals surface area contributed by atoms with E-state index in [-0.39, 0.29) is 11.3 Å². The highest BCUT2D eigenvalue weighted by Crippen LogP contribution is 2.12. The van der Waals surface area contributed by atoms with Crippen molar-refractivity contribution in [3.8, 4) is 11.4 Å². The number of aromatic nitrogens is 2. The largest absolute Gasteiger partial charge is 0.508 e. The van der Waals surface area contributed by atoms with Gasteiger partial charge in [0, 0.05) is 11.8 Å². The van der Waals surface area contributed by atoms with Crippen LogP contribution in [0.4, 0.5) is 0 Å². The van der Waals surface area contributed by atoms with E-state index in [1.54, 1.807) is 35.1 Å². The molecule has 0 fully saturated rings. The van der Waals surface area contributed by atoms with Crippen molar-refractivity contribution in [2.45, 2.75) is 6.42 Å². The van der Waals surface area contributed by atoms with Crippen LogP contribution < -0.4 is 11.3 Å². The molecule has 4 N–H and O–H groups in total. The second-order valence-corrected chi connectivity index (χ2v) is 3.52. The van der Waals surface area contributed by atoms with Crippen molar-refractivity contribution >= 4 is 0 Å². The fourth-order valence-corrected chi connectivity index (χ4v) is 1.51. The van der Waals surface area contributed by atoms with Crippen LogP contribution in [0.1, 0.15) is 5.56 Å². The van der Waals surface area contributed by atoms with E-state index in [1.165, 1.54) is 0 Å². The molecular weight excluding hydrogens is 206 g/mol. The van der Waals surface area contributed by atoms with Gasteiger partial charge in [-0.2, -0.15) is 0 Å². The summed E-state index contributed by atoms with van der Waals surface area (Å²) in [6, 6.07) is 6.57. The van der Waals surface area contributed by atoms with Gasteiger partial charge in [0.05, 0.1) is 5.69 Å². The Kier molecular flexibility index (Phi) is 2.78. The van der Waals surface area contributed by atoms with Crippen LogP contribution >= 0.6 is 0 Å². The Labute approximate surface area is 92.1 Å². The molecule has 0 unspecified atom stereocenters. The van der Waals surface area contributed by atoms with E-state index in [2.05, 4.69) is 5.10 Å². The highest BCUT2D eigenvalue weighted by atomic mass is 16.3. The Hall–Kier alpha value is -2.01. The molecule has 0 spiro atoms. The molecule has 1 heterocycles. The minimum atomic E-state index is -0.126. The third-order valence-electron chi connectivity index (χ3n) is 2.34. The standard InChI is InChI=1S/C11H13N3O2/c12-6-5-8-7-14(13-11(8)16)9-1-3-10(15)4-2-9/h1-4,7,15H,5-6,12H2,(H,13,16). The van der Waals surface area contributed by atoms with Crippen LogP contribution in [-0.4, -0.2) is 21.4 Å². The summed E-state index contributed by atoms with van der Waals surface area (Å²) in [4.78, 5) is 11.5. The molecule has 16 heavy (non-hydrogen) atoms. The van der Waals surface area contributed by atoms with Crippen LogP contribution in [0, 0.1) is 0 Å². The van der Waals surface area contributed by atoms with Crippen LogP contribution in [0.25, 0.3) is 5.69 Å². The van der Waals surface area contributed by atoms with Gasteiger partial charge >= 0.3 is 0 Å². The average Bonchev–Trinajstić information content (AvgIpc) is 2.62. The first-order valence-electron chi connectivity index (χ1n) is 5.00. The maximum absolute atomic E-state index is 11.5. The van der Waals surface area contributed by atoms with Crippen molar-refractivity contribution < 1.29 is 5.11 Å². The van der Waals surface area contributed by atoms with E-state index in [0.717, 1.165) is 5.69 Å². The first kappa shape index (κ1) is 10.5. The van der Waals surface area contributed by atoms with Crippen LogP contribution in [0.3, 0.4) is 0 Å². The zero-order valence-electron chi connectivity index (χ0n) is 8.68. The van der Waals surface area contributed by atoms with E-state index >= 15 is 0 Å². The second kappa shape index (κ2) is 4.24. The number of phenols is 1. The summed E-state index contributed by atoms with van der Waals surface area (Å²) in [5.41, 5.74) is 6.73. The van der Waals surface area contributed by atoms with E-state index < -0.39 is 0 Å². The number of nitrogens with one attached hydrogen (secondary N) is 1. The van der Waals surface area contributed by atoms with Gasteiger partial charge in [0.2, 0.25) is 0 Å². The van der Waals surface area contributed by atoms with Crippen molar-refractivity contribution in [1.82, 2.24) is 9.78 Å². The third kappa shape index (κ3) is 1.99. The van der Waals surface area contributed by atoms with Crippen LogP contribution in [0.15, 0.2) is 35.3 Å². The molecule has 5 heteroatoms. The predicted molar refractivity (Wildman–Crippen MR) is 60.8 cm³/mol. The number of rotatable bonds is 3. The number of aromatic hydroxyl groups is 1. The van der Waals surface area contributed by atoms with Gasteiger partial charge in [-0.15, -0.1) is 0 Å². The van der Waals surface area contributed by atoms with Gasteiger partial charge in [0.1, 0.15) is 5.75 Å². The number of aromatic amines is 1. The monoisotopic (exact) mass is 219 g/mol. The molecule has 0 saturated heterocycles. The van der Waals surface area contributed by atoms with E-state index in [4.69, 9.17) is 10.8 Å². The fraction of sp³-hybridized carbons (Fsp3) is 0.182.